The Hall–Kier alpha value is -1.07. The normalized spacial score (nSPS) is 18.3. The van der Waals surface area contributed by atoms with E-state index in [9.17, 15) is 8.42 Å². The van der Waals surface area contributed by atoms with Gasteiger partial charge in [-0.2, -0.15) is 0 Å². The van der Waals surface area contributed by atoms with E-state index in [1.54, 1.807) is 4.31 Å². The molecule has 1 aliphatic heterocycles. The Bertz CT molecular complexity index is 543. The number of rotatable bonds is 7. The molecule has 0 saturated heterocycles. The summed E-state index contributed by atoms with van der Waals surface area (Å²) in [5.41, 5.74) is 1.99. The molecule has 1 aromatic carbocycles. The lowest BCUT2D eigenvalue weighted by atomic mass is 10.1. The molecule has 0 spiro atoms. The number of hydrogen-bond acceptors (Lipinski definition) is 3. The van der Waals surface area contributed by atoms with Gasteiger partial charge in [-0.3, -0.25) is 4.31 Å². The van der Waals surface area contributed by atoms with E-state index in [4.69, 9.17) is 0 Å². The molecule has 1 aliphatic rings. The number of benzene rings is 1. The van der Waals surface area contributed by atoms with Gasteiger partial charge >= 0.3 is 0 Å². The quantitative estimate of drug-likeness (QED) is 0.784. The third-order valence-electron chi connectivity index (χ3n) is 3.63. The van der Waals surface area contributed by atoms with Gasteiger partial charge in [0.05, 0.1) is 11.4 Å². The summed E-state index contributed by atoms with van der Waals surface area (Å²) in [6.07, 6.45) is 2.54. The molecule has 0 bridgehead atoms. The summed E-state index contributed by atoms with van der Waals surface area (Å²) in [5.74, 6) is 0.211. The van der Waals surface area contributed by atoms with Gasteiger partial charge in [0.1, 0.15) is 0 Å². The number of anilines is 1. The molecule has 20 heavy (non-hydrogen) atoms. The fraction of sp³-hybridized carbons (Fsp3) is 0.600. The molecule has 1 aromatic rings. The number of nitrogens with zero attached hydrogens (tertiary/aromatic N) is 1. The van der Waals surface area contributed by atoms with E-state index in [2.05, 4.69) is 12.2 Å². The van der Waals surface area contributed by atoms with Crippen LogP contribution >= 0.6 is 0 Å². The lowest BCUT2D eigenvalue weighted by Gasteiger charge is -2.24. The molecule has 4 nitrogen and oxygen atoms in total. The van der Waals surface area contributed by atoms with Crippen LogP contribution < -0.4 is 9.62 Å². The molecule has 0 radical (unpaired) electrons. The Balaban J connectivity index is 2.02. The molecule has 5 heteroatoms. The third-order valence-corrected chi connectivity index (χ3v) is 5.59. The zero-order chi connectivity index (χ0) is 14.6. The van der Waals surface area contributed by atoms with Crippen molar-refractivity contribution in [3.8, 4) is 0 Å². The van der Waals surface area contributed by atoms with Crippen LogP contribution in [-0.2, 0) is 16.4 Å². The maximum absolute atomic E-state index is 12.5. The Morgan fingerprint density at radius 1 is 1.30 bits per heavy atom. The van der Waals surface area contributed by atoms with Gasteiger partial charge in [-0.15, -0.1) is 0 Å². The van der Waals surface area contributed by atoms with Crippen molar-refractivity contribution in [3.63, 3.8) is 0 Å². The molecule has 1 unspecified atom stereocenters. The summed E-state index contributed by atoms with van der Waals surface area (Å²) in [6, 6.07) is 7.83. The summed E-state index contributed by atoms with van der Waals surface area (Å²) >= 11 is 0. The second-order valence-corrected chi connectivity index (χ2v) is 7.36. The van der Waals surface area contributed by atoms with E-state index in [-0.39, 0.29) is 11.8 Å². The van der Waals surface area contributed by atoms with Crippen molar-refractivity contribution in [2.45, 2.75) is 39.2 Å². The molecular formula is C15H24N2O2S. The van der Waals surface area contributed by atoms with Gasteiger partial charge in [-0.25, -0.2) is 8.42 Å². The largest absolute Gasteiger partial charge is 0.317 e. The molecule has 0 aliphatic carbocycles. The van der Waals surface area contributed by atoms with Crippen LogP contribution in [0, 0.1) is 0 Å². The Labute approximate surface area is 122 Å². The van der Waals surface area contributed by atoms with Gasteiger partial charge in [0.2, 0.25) is 10.0 Å². The van der Waals surface area contributed by atoms with Crippen LogP contribution in [0.4, 0.5) is 5.69 Å². The number of hydrogen-bond donors (Lipinski definition) is 1. The van der Waals surface area contributed by atoms with Gasteiger partial charge in [0.15, 0.2) is 0 Å². The van der Waals surface area contributed by atoms with Crippen LogP contribution in [0.2, 0.25) is 0 Å². The van der Waals surface area contributed by atoms with E-state index >= 15 is 0 Å². The Morgan fingerprint density at radius 2 is 2.05 bits per heavy atom. The zero-order valence-electron chi connectivity index (χ0n) is 12.3. The smallest absolute Gasteiger partial charge is 0.235 e. The van der Waals surface area contributed by atoms with E-state index in [0.29, 0.717) is 6.42 Å². The molecule has 1 N–H and O–H groups in total. The summed E-state index contributed by atoms with van der Waals surface area (Å²) < 4.78 is 26.7. The summed E-state index contributed by atoms with van der Waals surface area (Å²) in [5, 5.41) is 3.25. The van der Waals surface area contributed by atoms with Crippen LogP contribution in [0.1, 0.15) is 32.3 Å². The molecule has 0 amide bonds. The average Bonchev–Trinajstić information content (AvgIpc) is 2.75. The van der Waals surface area contributed by atoms with Crippen LogP contribution in [0.5, 0.6) is 0 Å². The maximum Gasteiger partial charge on any atom is 0.235 e. The van der Waals surface area contributed by atoms with Crippen molar-refractivity contribution in [1.29, 1.82) is 0 Å². The molecule has 0 aromatic heterocycles. The standard InChI is InChI=1S/C15H24N2O2S/c1-3-9-16-10-6-11-20(18,19)17-13(2)12-14-7-4-5-8-15(14)17/h4-5,7-8,13,16H,3,6,9-12H2,1-2H3. The predicted molar refractivity (Wildman–Crippen MR) is 83.7 cm³/mol. The van der Waals surface area contributed by atoms with Crippen molar-refractivity contribution in [1.82, 2.24) is 5.32 Å². The van der Waals surface area contributed by atoms with E-state index in [0.717, 1.165) is 37.2 Å². The first-order chi connectivity index (χ1) is 9.56. The minimum absolute atomic E-state index is 0.0287. The molecule has 112 valence electrons. The summed E-state index contributed by atoms with van der Waals surface area (Å²) in [6.45, 7) is 5.79. The summed E-state index contributed by atoms with van der Waals surface area (Å²) in [4.78, 5) is 0. The first-order valence-electron chi connectivity index (χ1n) is 7.37. The lowest BCUT2D eigenvalue weighted by molar-refractivity contribution is 0.577. The first kappa shape index (κ1) is 15.3. The van der Waals surface area contributed by atoms with Crippen molar-refractivity contribution < 1.29 is 8.42 Å². The highest BCUT2D eigenvalue weighted by molar-refractivity contribution is 7.92. The molecule has 1 heterocycles. The molecule has 0 fully saturated rings. The molecule has 2 rings (SSSR count). The van der Waals surface area contributed by atoms with Crippen molar-refractivity contribution in [2.75, 3.05) is 23.1 Å². The summed E-state index contributed by atoms with van der Waals surface area (Å²) in [7, 11) is -3.22. The maximum atomic E-state index is 12.5. The third kappa shape index (κ3) is 3.33. The minimum atomic E-state index is -3.22. The Kier molecular flexibility index (Phi) is 5.05. The highest BCUT2D eigenvalue weighted by atomic mass is 32.2. The second-order valence-electron chi connectivity index (χ2n) is 5.40. The van der Waals surface area contributed by atoms with E-state index in [1.807, 2.05) is 31.2 Å². The molecular weight excluding hydrogens is 272 g/mol. The van der Waals surface area contributed by atoms with E-state index < -0.39 is 10.0 Å². The Morgan fingerprint density at radius 3 is 2.80 bits per heavy atom. The molecule has 0 saturated carbocycles. The van der Waals surface area contributed by atoms with Crippen LogP contribution in [0.3, 0.4) is 0 Å². The SMILES string of the molecule is CCCNCCCS(=O)(=O)N1c2ccccc2CC1C. The highest BCUT2D eigenvalue weighted by Gasteiger charge is 2.34. The zero-order valence-corrected chi connectivity index (χ0v) is 13.1. The highest BCUT2D eigenvalue weighted by Crippen LogP contribution is 2.34. The van der Waals surface area contributed by atoms with Gasteiger partial charge in [0.25, 0.3) is 0 Å². The van der Waals surface area contributed by atoms with Gasteiger partial charge in [-0.1, -0.05) is 25.1 Å². The lowest BCUT2D eigenvalue weighted by Crippen LogP contribution is -2.38. The van der Waals surface area contributed by atoms with Crippen LogP contribution in [0.15, 0.2) is 24.3 Å². The topological polar surface area (TPSA) is 49.4 Å². The average molecular weight is 296 g/mol. The van der Waals surface area contributed by atoms with Gasteiger partial charge < -0.3 is 5.32 Å². The predicted octanol–water partition coefficient (Wildman–Crippen LogP) is 2.16. The monoisotopic (exact) mass is 296 g/mol. The van der Waals surface area contributed by atoms with Crippen LogP contribution in [0.25, 0.3) is 0 Å². The number of para-hydroxylation sites is 1. The second kappa shape index (κ2) is 6.59. The van der Waals surface area contributed by atoms with Gasteiger partial charge in [0, 0.05) is 6.04 Å². The number of sulfonamides is 1. The van der Waals surface area contributed by atoms with Gasteiger partial charge in [-0.05, 0) is 50.9 Å². The molecule has 1 atom stereocenters. The first-order valence-corrected chi connectivity index (χ1v) is 8.98. The van der Waals surface area contributed by atoms with Crippen molar-refractivity contribution >= 4 is 15.7 Å². The fourth-order valence-corrected chi connectivity index (χ4v) is 4.55. The number of fused-ring (bicyclic) bond motifs is 1. The fourth-order valence-electron chi connectivity index (χ4n) is 2.74. The van der Waals surface area contributed by atoms with Crippen LogP contribution in [-0.4, -0.2) is 33.3 Å². The van der Waals surface area contributed by atoms with Crippen molar-refractivity contribution in [3.05, 3.63) is 29.8 Å². The minimum Gasteiger partial charge on any atom is -0.317 e. The number of nitrogens with one attached hydrogen (secondary N) is 1. The van der Waals surface area contributed by atoms with E-state index in [1.165, 1.54) is 0 Å². The van der Waals surface area contributed by atoms with Crippen molar-refractivity contribution in [2.24, 2.45) is 0 Å².